The van der Waals surface area contributed by atoms with Crippen molar-refractivity contribution in [1.29, 1.82) is 0 Å². The number of rotatable bonds is 8. The lowest BCUT2D eigenvalue weighted by Crippen LogP contribution is -2.51. The summed E-state index contributed by atoms with van der Waals surface area (Å²) in [5.41, 5.74) is 5.15. The third-order valence-corrected chi connectivity index (χ3v) is 12.9. The van der Waals surface area contributed by atoms with E-state index in [0.29, 0.717) is 13.1 Å². The summed E-state index contributed by atoms with van der Waals surface area (Å²) in [6.07, 6.45) is 8.14. The molecular weight excluding hydrogens is 879 g/mol. The molecule has 3 amide bonds. The third-order valence-electron chi connectivity index (χ3n) is 12.9. The fourth-order valence-corrected chi connectivity index (χ4v) is 8.91. The molecule has 0 unspecified atom stereocenters. The summed E-state index contributed by atoms with van der Waals surface area (Å²) in [5.74, 6) is 8.31. The molecule has 1 saturated carbocycles. The van der Waals surface area contributed by atoms with Crippen molar-refractivity contribution in [2.75, 3.05) is 26.8 Å². The van der Waals surface area contributed by atoms with E-state index in [-0.39, 0.29) is 120 Å². The number of aromatic amines is 2. The van der Waals surface area contributed by atoms with Crippen LogP contribution < -0.4 is 5.32 Å². The van der Waals surface area contributed by atoms with Gasteiger partial charge in [-0.15, -0.1) is 0 Å². The number of amides is 3. The van der Waals surface area contributed by atoms with E-state index in [0.717, 1.165) is 96.6 Å². The van der Waals surface area contributed by atoms with Crippen LogP contribution in [-0.2, 0) is 19.1 Å². The Labute approximate surface area is 400 Å². The molecule has 4 fully saturated rings. The number of carbonyl (C=O) groups excluding carboxylic acids is 3. The summed E-state index contributed by atoms with van der Waals surface area (Å²) in [6.45, 7) is 12.1. The predicted octanol–water partition coefficient (Wildman–Crippen LogP) is 7.86. The largest absolute Gasteiger partial charge is 0.453 e. The van der Waals surface area contributed by atoms with Gasteiger partial charge in [0, 0.05) is 36.6 Å². The molecule has 340 valence electrons. The number of alkyl carbamates (subject to hydrolysis) is 1. The van der Waals surface area contributed by atoms with Crippen LogP contribution in [0.4, 0.5) is 4.79 Å². The Morgan fingerprint density at radius 2 is 1.47 bits per heavy atom. The van der Waals surface area contributed by atoms with E-state index in [4.69, 9.17) is 19.4 Å². The van der Waals surface area contributed by atoms with Crippen LogP contribution in [0, 0.1) is 35.0 Å². The topological polar surface area (TPSA) is 146 Å². The molecule has 5 heterocycles. The number of aromatic nitrogens is 4. The van der Waals surface area contributed by atoms with Crippen molar-refractivity contribution in [3.8, 4) is 23.1 Å². The number of nitrogens with one attached hydrogen (secondary N) is 3. The lowest BCUT2D eigenvalue weighted by Gasteiger charge is -2.33. The zero-order valence-corrected chi connectivity index (χ0v) is 41.5. The van der Waals surface area contributed by atoms with Crippen molar-refractivity contribution in [2.45, 2.75) is 103 Å². The van der Waals surface area contributed by atoms with E-state index in [1.54, 1.807) is 0 Å². The van der Waals surface area contributed by atoms with Gasteiger partial charge in [0.25, 0.3) is 0 Å². The fourth-order valence-electron chi connectivity index (χ4n) is 8.91. The normalized spacial score (nSPS) is 21.7. The second kappa shape index (κ2) is 21.5. The van der Waals surface area contributed by atoms with Gasteiger partial charge in [-0.3, -0.25) is 9.59 Å². The monoisotopic (exact) mass is 943 g/mol. The van der Waals surface area contributed by atoms with Gasteiger partial charge in [0.1, 0.15) is 17.7 Å². The molecule has 0 radical (unpaired) electrons. The zero-order valence-electron chi connectivity index (χ0n) is 36.5. The van der Waals surface area contributed by atoms with E-state index in [1.165, 1.54) is 7.11 Å². The molecule has 3 N–H and O–H groups in total. The molecule has 17 heteroatoms. The summed E-state index contributed by atoms with van der Waals surface area (Å²) in [7, 11) is 1.31. The first-order chi connectivity index (χ1) is 27.4. The summed E-state index contributed by atoms with van der Waals surface area (Å²) < 4.78 is 11.2. The Kier molecular flexibility index (Phi) is 18.4. The van der Waals surface area contributed by atoms with Gasteiger partial charge in [-0.25, -0.2) is 14.8 Å². The van der Waals surface area contributed by atoms with E-state index in [9.17, 15) is 14.4 Å². The van der Waals surface area contributed by atoms with Crippen molar-refractivity contribution < 1.29 is 23.9 Å². The average molecular weight is 944 g/mol. The number of nitrogens with zero attached hydrogens (tertiary/aromatic N) is 4. The number of hydrogen-bond donors (Lipinski definition) is 3. The van der Waals surface area contributed by atoms with Gasteiger partial charge in [-0.2, -0.15) is 67.5 Å². The van der Waals surface area contributed by atoms with E-state index >= 15 is 0 Å². The minimum atomic E-state index is -0.682. The molecule has 4 aliphatic rings. The van der Waals surface area contributed by atoms with Gasteiger partial charge in [-0.1, -0.05) is 58.6 Å². The first kappa shape index (κ1) is 52.9. The van der Waals surface area contributed by atoms with Gasteiger partial charge in [0.15, 0.2) is 0 Å². The number of ether oxygens (including phenoxy) is 2. The molecule has 2 aromatic heterocycles. The number of benzene rings is 2. The summed E-state index contributed by atoms with van der Waals surface area (Å²) >= 11 is 0. The highest BCUT2D eigenvalue weighted by atomic mass is 32.1. The summed E-state index contributed by atoms with van der Waals surface area (Å²) in [5, 5.41) is 2.74. The number of likely N-dealkylation sites (tertiary alicyclic amines) is 2. The number of imidazole rings is 2. The Bertz CT molecular complexity index is 2230. The molecule has 4 aromatic rings. The maximum absolute atomic E-state index is 13.8. The smallest absolute Gasteiger partial charge is 0.407 e. The summed E-state index contributed by atoms with van der Waals surface area (Å²) in [4.78, 5) is 60.4. The van der Waals surface area contributed by atoms with Crippen LogP contribution in [0.1, 0.15) is 114 Å². The molecule has 3 saturated heterocycles. The van der Waals surface area contributed by atoms with Gasteiger partial charge >= 0.3 is 6.09 Å². The number of hydrogen-bond acceptors (Lipinski definition) is 7. The van der Waals surface area contributed by atoms with E-state index < -0.39 is 12.1 Å². The maximum Gasteiger partial charge on any atom is 0.407 e. The van der Waals surface area contributed by atoms with Gasteiger partial charge in [0.2, 0.25) is 11.8 Å². The lowest BCUT2D eigenvalue weighted by molar-refractivity contribution is -0.139. The van der Waals surface area contributed by atoms with Gasteiger partial charge in [0.05, 0.1) is 54.3 Å². The van der Waals surface area contributed by atoms with Crippen LogP contribution in [-0.4, -0.2) is 86.1 Å². The molecule has 2 aromatic carbocycles. The van der Waals surface area contributed by atoms with Gasteiger partial charge in [-0.05, 0) is 91.7 Å². The highest BCUT2D eigenvalue weighted by Crippen LogP contribution is 2.58. The van der Waals surface area contributed by atoms with E-state index in [1.807, 2.05) is 79.2 Å². The van der Waals surface area contributed by atoms with E-state index in [2.05, 4.69) is 41.0 Å². The maximum atomic E-state index is 13.8. The molecular formula is C45H65N7O5S5. The van der Waals surface area contributed by atoms with Crippen LogP contribution in [0.2, 0.25) is 0 Å². The Hall–Kier alpha value is -3.40. The van der Waals surface area contributed by atoms with Crippen molar-refractivity contribution in [3.63, 3.8) is 0 Å². The fraction of sp³-hybridized carbons (Fsp3) is 0.533. The number of fused-ring (bicyclic) bond motifs is 1. The molecule has 8 rings (SSSR count). The highest BCUT2D eigenvalue weighted by molar-refractivity contribution is 7.60. The SMILES string of the molecule is COC(=O)N[C@H](C(=O)N1CC2(CC2)C[C@H]1c1ncc(-c2ccc(C#Cc3ccc4nc([C@@H]5C[C@@]6(CCCCO6)CN5C(=O)[C@@H](C)C(C)C)[nH]c4c3)cc2)[nH]1)C(C)C.S.S.S.S.S. The van der Waals surface area contributed by atoms with Crippen molar-refractivity contribution in [2.24, 2.45) is 23.2 Å². The van der Waals surface area contributed by atoms with Crippen LogP contribution in [0.25, 0.3) is 22.3 Å². The molecule has 5 atom stereocenters. The second-order valence-electron chi connectivity index (χ2n) is 17.6. The van der Waals surface area contributed by atoms with Gasteiger partial charge < -0.3 is 34.6 Å². The highest BCUT2D eigenvalue weighted by Gasteiger charge is 2.55. The number of carbonyl (C=O) groups is 3. The minimum Gasteiger partial charge on any atom is -0.453 e. The first-order valence-electron chi connectivity index (χ1n) is 20.6. The molecule has 12 nitrogen and oxygen atoms in total. The second-order valence-corrected chi connectivity index (χ2v) is 17.6. The lowest BCUT2D eigenvalue weighted by atomic mass is 9.91. The number of methoxy groups -OCH3 is 1. The van der Waals surface area contributed by atoms with Crippen molar-refractivity contribution in [1.82, 2.24) is 35.1 Å². The zero-order chi connectivity index (χ0) is 40.1. The van der Waals surface area contributed by atoms with Crippen molar-refractivity contribution >= 4 is 96.4 Å². The van der Waals surface area contributed by atoms with Crippen molar-refractivity contribution in [3.05, 3.63) is 71.4 Å². The Morgan fingerprint density at radius 3 is 2.10 bits per heavy atom. The first-order valence-corrected chi connectivity index (χ1v) is 20.6. The van der Waals surface area contributed by atoms with Crippen LogP contribution in [0.5, 0.6) is 0 Å². The molecule has 2 spiro atoms. The average Bonchev–Trinajstić information content (AvgIpc) is 3.61. The minimum absolute atomic E-state index is 0. The predicted molar refractivity (Wildman–Crippen MR) is 269 cm³/mol. The quantitative estimate of drug-likeness (QED) is 0.153. The molecule has 62 heavy (non-hydrogen) atoms. The summed E-state index contributed by atoms with van der Waals surface area (Å²) in [6, 6.07) is 13.0. The Morgan fingerprint density at radius 1 is 0.806 bits per heavy atom. The Balaban J connectivity index is 0.00000205. The molecule has 0 bridgehead atoms. The standard InChI is InChI=1S/C45H55N7O5.5H2S/c1-27(2)29(5)41(53)52-26-45(17-7-8-20-57-45)23-37(52)40-47-33-16-13-31(21-34(33)48-40)10-9-30-11-14-32(15-12-30)35-24-46-39(49-35)36-22-44(18-19-44)25-51(36)42(54)38(28(3)4)50-43(55)56-6;;;;;/h11-16,21,24,27-29,36-38H,7-8,17-20,22-23,25-26H2,1-6H3,(H,46,49)(H,47,48)(H,50,55);5*1H2/t29-,36-,37-,38-,45-;;;;;/m0...../s1. The molecule has 1 aliphatic carbocycles. The third kappa shape index (κ3) is 10.9. The number of H-pyrrole nitrogens is 2. The molecule has 3 aliphatic heterocycles. The van der Waals surface area contributed by atoms with Crippen LogP contribution >= 0.6 is 67.5 Å². The van der Waals surface area contributed by atoms with Crippen LogP contribution in [0.3, 0.4) is 0 Å². The van der Waals surface area contributed by atoms with Crippen LogP contribution in [0.15, 0.2) is 48.7 Å².